The summed E-state index contributed by atoms with van der Waals surface area (Å²) in [5.74, 6) is -0.923. The Morgan fingerprint density at radius 2 is 1.98 bits per heavy atom. The molecule has 2 amide bonds. The molecule has 42 heavy (non-hydrogen) atoms. The van der Waals surface area contributed by atoms with Crippen LogP contribution in [0.3, 0.4) is 0 Å². The fourth-order valence-electron chi connectivity index (χ4n) is 4.45. The standard InChI is InChI=1S/C28H31FN8O5/c1-28(2,3)42-27(40)35(4)22-14-21(32-19-9-7-13-36(26(19)39)24-17(29)8-6-12-30-24)34-23-16(15-31-37(22)23)25(38)33-18-10-11-20(18)41-5/h6-9,12-15,18,20H,10-11H2,1-5H3,(H,32,34)(H,33,38)/t18-,20-/m0/s1. The van der Waals surface area contributed by atoms with Gasteiger partial charge in [-0.25, -0.2) is 19.2 Å². The van der Waals surface area contributed by atoms with Gasteiger partial charge in [-0.2, -0.15) is 9.61 Å². The monoisotopic (exact) mass is 578 g/mol. The number of hydrogen-bond donors (Lipinski definition) is 2. The van der Waals surface area contributed by atoms with Crippen molar-refractivity contribution in [3.8, 4) is 5.82 Å². The maximum Gasteiger partial charge on any atom is 0.415 e. The Hall–Kier alpha value is -4.85. The molecule has 4 aromatic heterocycles. The van der Waals surface area contributed by atoms with E-state index in [1.54, 1.807) is 33.9 Å². The number of aromatic nitrogens is 5. The van der Waals surface area contributed by atoms with Gasteiger partial charge < -0.3 is 20.1 Å². The fourth-order valence-corrected chi connectivity index (χ4v) is 4.45. The van der Waals surface area contributed by atoms with Crippen LogP contribution >= 0.6 is 0 Å². The zero-order chi connectivity index (χ0) is 30.2. The minimum Gasteiger partial charge on any atom is -0.443 e. The Balaban J connectivity index is 1.57. The number of ether oxygens (including phenoxy) is 2. The van der Waals surface area contributed by atoms with Gasteiger partial charge in [-0.05, 0) is 57.9 Å². The number of nitrogens with one attached hydrogen (secondary N) is 2. The summed E-state index contributed by atoms with van der Waals surface area (Å²) in [6, 6.07) is 7.00. The Labute approximate surface area is 240 Å². The highest BCUT2D eigenvalue weighted by molar-refractivity contribution is 6.00. The smallest absolute Gasteiger partial charge is 0.415 e. The average Bonchev–Trinajstić information content (AvgIpc) is 3.35. The molecule has 1 aliphatic rings. The molecule has 14 heteroatoms. The van der Waals surface area contributed by atoms with Crippen molar-refractivity contribution in [2.75, 3.05) is 24.4 Å². The fraction of sp³-hybridized carbons (Fsp3) is 0.357. The largest absolute Gasteiger partial charge is 0.443 e. The lowest BCUT2D eigenvalue weighted by molar-refractivity contribution is 0.00732. The summed E-state index contributed by atoms with van der Waals surface area (Å²) in [6.45, 7) is 5.22. The number of carbonyl (C=O) groups is 2. The van der Waals surface area contributed by atoms with Crippen molar-refractivity contribution in [2.24, 2.45) is 0 Å². The van der Waals surface area contributed by atoms with Gasteiger partial charge in [-0.3, -0.25) is 19.1 Å². The lowest BCUT2D eigenvalue weighted by Crippen LogP contribution is -2.51. The number of carbonyl (C=O) groups excluding carboxylic acids is 2. The van der Waals surface area contributed by atoms with Gasteiger partial charge in [-0.15, -0.1) is 0 Å². The molecule has 2 N–H and O–H groups in total. The van der Waals surface area contributed by atoms with E-state index in [4.69, 9.17) is 9.47 Å². The topological polar surface area (TPSA) is 145 Å². The Bertz CT molecular complexity index is 1710. The molecule has 2 atom stereocenters. The molecule has 4 heterocycles. The van der Waals surface area contributed by atoms with Crippen LogP contribution in [-0.2, 0) is 9.47 Å². The minimum atomic E-state index is -0.774. The number of methoxy groups -OCH3 is 1. The van der Waals surface area contributed by atoms with Crippen LogP contribution in [0.4, 0.5) is 26.5 Å². The van der Waals surface area contributed by atoms with Crippen molar-refractivity contribution >= 4 is 35.0 Å². The summed E-state index contributed by atoms with van der Waals surface area (Å²) in [4.78, 5) is 49.3. The van der Waals surface area contributed by atoms with Gasteiger partial charge in [0.25, 0.3) is 11.5 Å². The van der Waals surface area contributed by atoms with Crippen molar-refractivity contribution in [3.63, 3.8) is 0 Å². The highest BCUT2D eigenvalue weighted by Gasteiger charge is 2.33. The van der Waals surface area contributed by atoms with Crippen LogP contribution in [-0.4, -0.2) is 68.1 Å². The van der Waals surface area contributed by atoms with Gasteiger partial charge in [0.1, 0.15) is 28.5 Å². The second-order valence-electron chi connectivity index (χ2n) is 10.8. The van der Waals surface area contributed by atoms with Crippen LogP contribution in [0.15, 0.2) is 53.7 Å². The summed E-state index contributed by atoms with van der Waals surface area (Å²) in [5, 5.41) is 10.2. The molecular weight excluding hydrogens is 547 g/mol. The minimum absolute atomic E-state index is 0.0493. The molecule has 0 spiro atoms. The van der Waals surface area contributed by atoms with Crippen LogP contribution in [0.25, 0.3) is 11.5 Å². The molecule has 0 saturated heterocycles. The number of rotatable bonds is 7. The normalized spacial score (nSPS) is 16.5. The number of halogens is 1. The van der Waals surface area contributed by atoms with E-state index in [0.29, 0.717) is 0 Å². The predicted molar refractivity (Wildman–Crippen MR) is 152 cm³/mol. The third kappa shape index (κ3) is 5.65. The van der Waals surface area contributed by atoms with Gasteiger partial charge >= 0.3 is 6.09 Å². The van der Waals surface area contributed by atoms with E-state index in [-0.39, 0.29) is 46.5 Å². The first-order valence-electron chi connectivity index (χ1n) is 13.3. The SMILES string of the molecule is CO[C@H]1CC[C@@H]1NC(=O)c1cnn2c(N(C)C(=O)OC(C)(C)C)cc(Nc3cccn(-c4ncccc4F)c3=O)nc12. The van der Waals surface area contributed by atoms with Crippen LogP contribution in [0.1, 0.15) is 44.0 Å². The molecule has 1 saturated carbocycles. The molecule has 5 rings (SSSR count). The third-order valence-corrected chi connectivity index (χ3v) is 6.72. The van der Waals surface area contributed by atoms with Gasteiger partial charge in [-0.1, -0.05) is 0 Å². The van der Waals surface area contributed by atoms with Crippen molar-refractivity contribution in [1.82, 2.24) is 29.5 Å². The molecule has 0 aliphatic heterocycles. The lowest BCUT2D eigenvalue weighted by Gasteiger charge is -2.35. The summed E-state index contributed by atoms with van der Waals surface area (Å²) in [7, 11) is 3.08. The van der Waals surface area contributed by atoms with Crippen LogP contribution in [0.5, 0.6) is 0 Å². The first kappa shape index (κ1) is 28.7. The highest BCUT2D eigenvalue weighted by atomic mass is 19.1. The molecule has 13 nitrogen and oxygen atoms in total. The van der Waals surface area contributed by atoms with Crippen molar-refractivity contribution in [3.05, 3.63) is 70.7 Å². The maximum absolute atomic E-state index is 14.4. The van der Waals surface area contributed by atoms with Gasteiger partial charge in [0.15, 0.2) is 17.3 Å². The molecule has 1 aliphatic carbocycles. The van der Waals surface area contributed by atoms with Crippen molar-refractivity contribution in [1.29, 1.82) is 0 Å². The van der Waals surface area contributed by atoms with Crippen LogP contribution < -0.4 is 21.1 Å². The molecule has 0 bridgehead atoms. The predicted octanol–water partition coefficient (Wildman–Crippen LogP) is 3.44. The van der Waals surface area contributed by atoms with Gasteiger partial charge in [0, 0.05) is 32.6 Å². The first-order chi connectivity index (χ1) is 20.0. The van der Waals surface area contributed by atoms with E-state index in [9.17, 15) is 18.8 Å². The van der Waals surface area contributed by atoms with E-state index < -0.39 is 29.0 Å². The molecule has 0 aromatic carbocycles. The number of hydrogen-bond acceptors (Lipinski definition) is 9. The van der Waals surface area contributed by atoms with E-state index in [2.05, 4.69) is 25.7 Å². The van der Waals surface area contributed by atoms with Gasteiger partial charge in [0.2, 0.25) is 0 Å². The second-order valence-corrected chi connectivity index (χ2v) is 10.8. The molecule has 1 fully saturated rings. The van der Waals surface area contributed by atoms with Gasteiger partial charge in [0.05, 0.1) is 18.3 Å². The summed E-state index contributed by atoms with van der Waals surface area (Å²) < 4.78 is 27.7. The van der Waals surface area contributed by atoms with E-state index >= 15 is 0 Å². The zero-order valence-electron chi connectivity index (χ0n) is 23.8. The van der Waals surface area contributed by atoms with E-state index in [1.165, 1.54) is 59.3 Å². The zero-order valence-corrected chi connectivity index (χ0v) is 23.8. The number of fused-ring (bicyclic) bond motifs is 1. The average molecular weight is 579 g/mol. The van der Waals surface area contributed by atoms with Crippen LogP contribution in [0, 0.1) is 5.82 Å². The van der Waals surface area contributed by atoms with Crippen molar-refractivity contribution in [2.45, 2.75) is 51.4 Å². The number of anilines is 3. The molecule has 220 valence electrons. The molecule has 0 unspecified atom stereocenters. The van der Waals surface area contributed by atoms with E-state index in [1.807, 2.05) is 0 Å². The first-order valence-corrected chi connectivity index (χ1v) is 13.3. The van der Waals surface area contributed by atoms with Crippen LogP contribution in [0.2, 0.25) is 0 Å². The Kier molecular flexibility index (Phi) is 7.65. The molecule has 4 aromatic rings. The molecular formula is C28H31FN8O5. The highest BCUT2D eigenvalue weighted by Crippen LogP contribution is 2.26. The number of amides is 2. The number of nitrogens with zero attached hydrogens (tertiary/aromatic N) is 6. The van der Waals surface area contributed by atoms with Crippen molar-refractivity contribution < 1.29 is 23.5 Å². The Morgan fingerprint density at radius 3 is 2.64 bits per heavy atom. The van der Waals surface area contributed by atoms with E-state index in [0.717, 1.165) is 17.4 Å². The number of pyridine rings is 2. The second kappa shape index (κ2) is 11.2. The quantitative estimate of drug-likeness (QED) is 0.337. The Morgan fingerprint density at radius 1 is 1.19 bits per heavy atom. The third-order valence-electron chi connectivity index (χ3n) is 6.72. The summed E-state index contributed by atoms with van der Waals surface area (Å²) in [5.41, 5.74) is -1.04. The maximum atomic E-state index is 14.4. The lowest BCUT2D eigenvalue weighted by atomic mass is 9.89. The summed E-state index contributed by atoms with van der Waals surface area (Å²) >= 11 is 0. The molecule has 0 radical (unpaired) electrons. The summed E-state index contributed by atoms with van der Waals surface area (Å²) in [6.07, 6.45) is 4.98.